The molecule has 0 radical (unpaired) electrons. The summed E-state index contributed by atoms with van der Waals surface area (Å²) in [6.07, 6.45) is 3.44. The van der Waals surface area contributed by atoms with Gasteiger partial charge in [-0.1, -0.05) is 0 Å². The van der Waals surface area contributed by atoms with Gasteiger partial charge in [0.25, 0.3) is 0 Å². The lowest BCUT2D eigenvalue weighted by Gasteiger charge is -2.31. The van der Waals surface area contributed by atoms with Crippen LogP contribution >= 0.6 is 0 Å². The molecule has 1 atom stereocenters. The monoisotopic (exact) mass is 422 g/mol. The molecule has 9 nitrogen and oxygen atoms in total. The summed E-state index contributed by atoms with van der Waals surface area (Å²) in [5.74, 6) is -0.432. The number of aromatic nitrogens is 4. The van der Waals surface area contributed by atoms with Crippen LogP contribution in [0.4, 0.5) is 0 Å². The Balaban J connectivity index is 1.61. The fourth-order valence-electron chi connectivity index (χ4n) is 3.88. The van der Waals surface area contributed by atoms with Crippen molar-refractivity contribution >= 4 is 15.9 Å². The molecule has 1 fully saturated rings. The average molecular weight is 423 g/mol. The number of rotatable bonds is 6. The minimum absolute atomic E-state index is 0.0907. The molecule has 29 heavy (non-hydrogen) atoms. The van der Waals surface area contributed by atoms with Gasteiger partial charge in [0.15, 0.2) is 0 Å². The molecular formula is C19H30N6O3S. The van der Waals surface area contributed by atoms with Gasteiger partial charge in [-0.3, -0.25) is 14.2 Å². The molecule has 0 aromatic carbocycles. The van der Waals surface area contributed by atoms with Crippen LogP contribution in [0.15, 0.2) is 11.1 Å². The molecule has 1 aliphatic heterocycles. The number of hydrogen-bond donors (Lipinski definition) is 1. The van der Waals surface area contributed by atoms with Gasteiger partial charge in [-0.15, -0.1) is 0 Å². The summed E-state index contributed by atoms with van der Waals surface area (Å²) in [4.78, 5) is 12.9. The van der Waals surface area contributed by atoms with E-state index in [0.29, 0.717) is 38.0 Å². The maximum absolute atomic E-state index is 13.0. The molecule has 2 aromatic heterocycles. The number of hydrogen-bond acceptors (Lipinski definition) is 5. The number of amides is 1. The molecule has 1 N–H and O–H groups in total. The number of sulfonamides is 1. The summed E-state index contributed by atoms with van der Waals surface area (Å²) in [6.45, 7) is 6.85. The maximum Gasteiger partial charge on any atom is 0.246 e. The van der Waals surface area contributed by atoms with E-state index in [4.69, 9.17) is 0 Å². The molecule has 1 unspecified atom stereocenters. The van der Waals surface area contributed by atoms with Crippen molar-refractivity contribution in [3.8, 4) is 0 Å². The van der Waals surface area contributed by atoms with Crippen LogP contribution in [-0.2, 0) is 35.3 Å². The van der Waals surface area contributed by atoms with E-state index in [1.165, 1.54) is 10.5 Å². The van der Waals surface area contributed by atoms with E-state index in [2.05, 4.69) is 15.5 Å². The fourth-order valence-corrected chi connectivity index (χ4v) is 5.59. The zero-order valence-corrected chi connectivity index (χ0v) is 18.6. The SMILES string of the molecule is Cc1nn(C)c(C)c1CCNC(=O)C1CCCN(S(=O)(=O)c2cnn(C)c2C)C1. The minimum Gasteiger partial charge on any atom is -0.355 e. The molecule has 3 rings (SSSR count). The van der Waals surface area contributed by atoms with E-state index >= 15 is 0 Å². The minimum atomic E-state index is -3.65. The first-order valence-electron chi connectivity index (χ1n) is 9.88. The van der Waals surface area contributed by atoms with Crippen LogP contribution in [0.25, 0.3) is 0 Å². The summed E-state index contributed by atoms with van der Waals surface area (Å²) in [5.41, 5.74) is 3.81. The molecule has 3 heterocycles. The van der Waals surface area contributed by atoms with Crippen LogP contribution in [0.2, 0.25) is 0 Å². The Morgan fingerprint density at radius 3 is 2.52 bits per heavy atom. The first-order chi connectivity index (χ1) is 13.6. The lowest BCUT2D eigenvalue weighted by atomic mass is 9.98. The van der Waals surface area contributed by atoms with E-state index in [1.54, 1.807) is 18.7 Å². The van der Waals surface area contributed by atoms with Gasteiger partial charge in [0, 0.05) is 39.4 Å². The number of aryl methyl sites for hydroxylation is 3. The lowest BCUT2D eigenvalue weighted by molar-refractivity contribution is -0.126. The number of piperidine rings is 1. The van der Waals surface area contributed by atoms with Gasteiger partial charge in [0.2, 0.25) is 15.9 Å². The molecule has 1 aliphatic rings. The topological polar surface area (TPSA) is 102 Å². The number of carbonyl (C=O) groups is 1. The van der Waals surface area contributed by atoms with Crippen molar-refractivity contribution in [1.29, 1.82) is 0 Å². The largest absolute Gasteiger partial charge is 0.355 e. The Morgan fingerprint density at radius 1 is 1.21 bits per heavy atom. The van der Waals surface area contributed by atoms with Crippen LogP contribution in [0.1, 0.15) is 35.5 Å². The van der Waals surface area contributed by atoms with E-state index in [0.717, 1.165) is 17.0 Å². The van der Waals surface area contributed by atoms with Crippen molar-refractivity contribution in [1.82, 2.24) is 29.2 Å². The van der Waals surface area contributed by atoms with Gasteiger partial charge in [-0.05, 0) is 45.6 Å². The Labute approximate surface area is 172 Å². The van der Waals surface area contributed by atoms with Crippen molar-refractivity contribution < 1.29 is 13.2 Å². The second kappa shape index (κ2) is 8.27. The summed E-state index contributed by atoms with van der Waals surface area (Å²) >= 11 is 0. The molecule has 0 spiro atoms. The molecule has 0 saturated carbocycles. The first kappa shape index (κ1) is 21.5. The van der Waals surface area contributed by atoms with Crippen LogP contribution in [0.3, 0.4) is 0 Å². The van der Waals surface area contributed by atoms with Crippen molar-refractivity contribution in [2.75, 3.05) is 19.6 Å². The van der Waals surface area contributed by atoms with E-state index in [-0.39, 0.29) is 23.3 Å². The van der Waals surface area contributed by atoms with Crippen molar-refractivity contribution in [3.63, 3.8) is 0 Å². The third kappa shape index (κ3) is 4.23. The smallest absolute Gasteiger partial charge is 0.246 e. The highest BCUT2D eigenvalue weighted by molar-refractivity contribution is 7.89. The van der Waals surface area contributed by atoms with Crippen molar-refractivity contribution in [2.45, 2.75) is 44.9 Å². The quantitative estimate of drug-likeness (QED) is 0.743. The van der Waals surface area contributed by atoms with Gasteiger partial charge >= 0.3 is 0 Å². The second-order valence-corrected chi connectivity index (χ2v) is 9.64. The van der Waals surface area contributed by atoms with Gasteiger partial charge < -0.3 is 5.32 Å². The highest BCUT2D eigenvalue weighted by atomic mass is 32.2. The molecule has 10 heteroatoms. The standard InChI is InChI=1S/C19H30N6O3S/c1-13-17(14(2)24(5)22-13)8-9-20-19(26)16-7-6-10-25(12-16)29(27,28)18-11-21-23(4)15(18)3/h11,16H,6-10,12H2,1-5H3,(H,20,26). The van der Waals surface area contributed by atoms with Crippen LogP contribution in [0.5, 0.6) is 0 Å². The molecular weight excluding hydrogens is 392 g/mol. The normalized spacial score (nSPS) is 18.2. The highest BCUT2D eigenvalue weighted by Gasteiger charge is 2.34. The predicted octanol–water partition coefficient (Wildman–Crippen LogP) is 0.838. The third-order valence-electron chi connectivity index (χ3n) is 5.90. The van der Waals surface area contributed by atoms with Gasteiger partial charge in [0.05, 0.1) is 23.5 Å². The molecule has 160 valence electrons. The summed E-state index contributed by atoms with van der Waals surface area (Å²) in [6, 6.07) is 0. The molecule has 2 aromatic rings. The van der Waals surface area contributed by atoms with E-state index in [9.17, 15) is 13.2 Å². The van der Waals surface area contributed by atoms with Crippen molar-refractivity contribution in [2.24, 2.45) is 20.0 Å². The zero-order valence-electron chi connectivity index (χ0n) is 17.8. The Morgan fingerprint density at radius 2 is 1.93 bits per heavy atom. The van der Waals surface area contributed by atoms with Gasteiger partial charge in [-0.25, -0.2) is 8.42 Å². The molecule has 1 saturated heterocycles. The first-order valence-corrected chi connectivity index (χ1v) is 11.3. The summed E-state index contributed by atoms with van der Waals surface area (Å²) < 4.78 is 30.8. The van der Waals surface area contributed by atoms with Crippen molar-refractivity contribution in [3.05, 3.63) is 28.8 Å². The number of nitrogens with zero attached hydrogens (tertiary/aromatic N) is 5. The van der Waals surface area contributed by atoms with Crippen LogP contribution in [-0.4, -0.2) is 57.8 Å². The Bertz CT molecular complexity index is 1010. The molecule has 0 bridgehead atoms. The Hall–Kier alpha value is -2.20. The maximum atomic E-state index is 13.0. The molecule has 1 amide bonds. The van der Waals surface area contributed by atoms with Crippen LogP contribution < -0.4 is 5.32 Å². The highest BCUT2D eigenvalue weighted by Crippen LogP contribution is 2.25. The average Bonchev–Trinajstić information content (AvgIpc) is 3.15. The summed E-state index contributed by atoms with van der Waals surface area (Å²) in [7, 11) is -0.0284. The third-order valence-corrected chi connectivity index (χ3v) is 7.86. The van der Waals surface area contributed by atoms with E-state index < -0.39 is 10.0 Å². The van der Waals surface area contributed by atoms with Crippen LogP contribution in [0, 0.1) is 26.7 Å². The molecule has 0 aliphatic carbocycles. The zero-order chi connectivity index (χ0) is 21.3. The second-order valence-electron chi connectivity index (χ2n) is 7.73. The fraction of sp³-hybridized carbons (Fsp3) is 0.632. The summed E-state index contributed by atoms with van der Waals surface area (Å²) in [5, 5.41) is 11.4. The van der Waals surface area contributed by atoms with E-state index in [1.807, 2.05) is 25.6 Å². The predicted molar refractivity (Wildman–Crippen MR) is 109 cm³/mol. The van der Waals surface area contributed by atoms with Gasteiger partial charge in [-0.2, -0.15) is 14.5 Å². The number of carbonyl (C=O) groups excluding carboxylic acids is 1. The van der Waals surface area contributed by atoms with Gasteiger partial charge in [0.1, 0.15) is 4.90 Å². The Kier molecular flexibility index (Phi) is 6.13. The lowest BCUT2D eigenvalue weighted by Crippen LogP contribution is -2.45. The number of nitrogens with one attached hydrogen (secondary N) is 1.